The molecule has 9 aromatic carbocycles. The fraction of sp³-hybridized carbons (Fsp3) is 0. The van der Waals surface area contributed by atoms with Crippen molar-refractivity contribution in [1.29, 1.82) is 0 Å². The average molecular weight is 703 g/mol. The number of benzene rings is 9. The van der Waals surface area contributed by atoms with E-state index < -0.39 is 0 Å². The van der Waals surface area contributed by atoms with E-state index >= 15 is 0 Å². The summed E-state index contributed by atoms with van der Waals surface area (Å²) in [7, 11) is 0. The van der Waals surface area contributed by atoms with Crippen LogP contribution in [-0.2, 0) is 0 Å². The van der Waals surface area contributed by atoms with E-state index in [4.69, 9.17) is 4.42 Å². The van der Waals surface area contributed by atoms with Gasteiger partial charge in [0.15, 0.2) is 0 Å². The van der Waals surface area contributed by atoms with E-state index in [1.54, 1.807) is 0 Å². The van der Waals surface area contributed by atoms with Gasteiger partial charge in [-0.1, -0.05) is 140 Å². The highest BCUT2D eigenvalue weighted by Gasteiger charge is 2.23. The van der Waals surface area contributed by atoms with Crippen molar-refractivity contribution in [2.45, 2.75) is 0 Å². The molecule has 2 heterocycles. The number of hydrogen-bond acceptors (Lipinski definition) is 2. The third-order valence-corrected chi connectivity index (χ3v) is 11.0. The summed E-state index contributed by atoms with van der Waals surface area (Å²) in [6.07, 6.45) is 0. The maximum atomic E-state index is 6.83. The highest BCUT2D eigenvalue weighted by molar-refractivity contribution is 6.14. The van der Waals surface area contributed by atoms with Gasteiger partial charge < -0.3 is 13.9 Å². The van der Waals surface area contributed by atoms with Crippen LogP contribution in [0.1, 0.15) is 0 Å². The number of furan rings is 1. The van der Waals surface area contributed by atoms with Crippen molar-refractivity contribution >= 4 is 71.6 Å². The van der Waals surface area contributed by atoms with Crippen LogP contribution in [0.25, 0.3) is 82.5 Å². The van der Waals surface area contributed by atoms with Crippen LogP contribution in [0.5, 0.6) is 0 Å². The smallest absolute Gasteiger partial charge is 0.145 e. The van der Waals surface area contributed by atoms with Gasteiger partial charge >= 0.3 is 0 Å². The third kappa shape index (κ3) is 5.05. The van der Waals surface area contributed by atoms with E-state index in [0.29, 0.717) is 0 Å². The SMILES string of the molecule is c1ccc(N(c2cccc(-c3cccc4ccccc34)c2)c2ccc3c(oc4ccccc43)c2-c2ccc(-n3c4ccccc4c4ccccc43)cc2)cc1. The van der Waals surface area contributed by atoms with E-state index in [0.717, 1.165) is 61.4 Å². The Kier molecular flexibility index (Phi) is 7.17. The van der Waals surface area contributed by atoms with Gasteiger partial charge in [0, 0.05) is 44.2 Å². The van der Waals surface area contributed by atoms with Gasteiger partial charge in [-0.25, -0.2) is 0 Å². The molecule has 11 aromatic rings. The zero-order chi connectivity index (χ0) is 36.3. The first-order chi connectivity index (χ1) is 27.3. The molecule has 0 aliphatic carbocycles. The minimum Gasteiger partial charge on any atom is -0.455 e. The largest absolute Gasteiger partial charge is 0.455 e. The molecular weight excluding hydrogens is 669 g/mol. The van der Waals surface area contributed by atoms with Crippen molar-refractivity contribution in [3.63, 3.8) is 0 Å². The zero-order valence-electron chi connectivity index (χ0n) is 29.9. The molecule has 0 saturated carbocycles. The van der Waals surface area contributed by atoms with E-state index in [2.05, 4.69) is 210 Å². The molecule has 3 nitrogen and oxygen atoms in total. The highest BCUT2D eigenvalue weighted by atomic mass is 16.3. The maximum absolute atomic E-state index is 6.83. The first kappa shape index (κ1) is 31.2. The van der Waals surface area contributed by atoms with Gasteiger partial charge in [-0.2, -0.15) is 0 Å². The van der Waals surface area contributed by atoms with Crippen LogP contribution in [-0.4, -0.2) is 4.57 Å². The first-order valence-electron chi connectivity index (χ1n) is 18.8. The summed E-state index contributed by atoms with van der Waals surface area (Å²) < 4.78 is 9.19. The molecule has 0 N–H and O–H groups in total. The van der Waals surface area contributed by atoms with Gasteiger partial charge in [-0.3, -0.25) is 0 Å². The van der Waals surface area contributed by atoms with Gasteiger partial charge in [0.25, 0.3) is 0 Å². The Bertz CT molecular complexity index is 3150. The Balaban J connectivity index is 1.14. The Hall–Kier alpha value is -7.36. The van der Waals surface area contributed by atoms with Gasteiger partial charge in [0.1, 0.15) is 11.2 Å². The molecule has 2 aromatic heterocycles. The van der Waals surface area contributed by atoms with E-state index in [1.165, 1.54) is 38.1 Å². The number of hydrogen-bond donors (Lipinski definition) is 0. The van der Waals surface area contributed by atoms with Crippen molar-refractivity contribution in [2.24, 2.45) is 0 Å². The number of rotatable bonds is 6. The summed E-state index contributed by atoms with van der Waals surface area (Å²) in [6.45, 7) is 0. The Labute approximate surface area is 318 Å². The van der Waals surface area contributed by atoms with E-state index in [1.807, 2.05) is 6.07 Å². The van der Waals surface area contributed by atoms with Crippen LogP contribution in [0.4, 0.5) is 17.1 Å². The number of para-hydroxylation sites is 4. The molecule has 55 heavy (non-hydrogen) atoms. The lowest BCUT2D eigenvalue weighted by Crippen LogP contribution is -2.11. The van der Waals surface area contributed by atoms with Gasteiger partial charge in [-0.15, -0.1) is 0 Å². The zero-order valence-corrected chi connectivity index (χ0v) is 29.9. The summed E-state index contributed by atoms with van der Waals surface area (Å²) in [5, 5.41) is 7.17. The normalized spacial score (nSPS) is 11.6. The van der Waals surface area contributed by atoms with Crippen LogP contribution >= 0.6 is 0 Å². The van der Waals surface area contributed by atoms with Crippen molar-refractivity contribution < 1.29 is 4.42 Å². The number of fused-ring (bicyclic) bond motifs is 7. The van der Waals surface area contributed by atoms with Crippen molar-refractivity contribution in [2.75, 3.05) is 4.90 Å². The fourth-order valence-corrected chi connectivity index (χ4v) is 8.52. The molecule has 0 spiro atoms. The maximum Gasteiger partial charge on any atom is 0.145 e. The first-order valence-corrected chi connectivity index (χ1v) is 18.8. The topological polar surface area (TPSA) is 21.3 Å². The van der Waals surface area contributed by atoms with Gasteiger partial charge in [-0.05, 0) is 94.2 Å². The number of nitrogens with zero attached hydrogens (tertiary/aromatic N) is 2. The van der Waals surface area contributed by atoms with Gasteiger partial charge in [0.05, 0.1) is 16.7 Å². The summed E-state index contributed by atoms with van der Waals surface area (Å²) in [5.74, 6) is 0. The highest BCUT2D eigenvalue weighted by Crippen LogP contribution is 2.47. The van der Waals surface area contributed by atoms with E-state index in [-0.39, 0.29) is 0 Å². The predicted octanol–water partition coefficient (Wildman–Crippen LogP) is 14.6. The molecule has 0 bridgehead atoms. The lowest BCUT2D eigenvalue weighted by atomic mass is 9.96. The Morgan fingerprint density at radius 3 is 1.80 bits per heavy atom. The quantitative estimate of drug-likeness (QED) is 0.172. The predicted molar refractivity (Wildman–Crippen MR) is 231 cm³/mol. The standard InChI is InChI=1S/C52H34N2O/c1-2-17-38(18-3-1)53(40-19-12-16-37(34-40)42-24-13-15-35-14-4-5-20-41(35)42)49-33-32-46-45-23-8-11-27-50(45)55-52(46)51(49)36-28-30-39(31-29-36)54-47-25-9-6-21-43(47)44-22-7-10-26-48(44)54/h1-34H. The average Bonchev–Trinajstić information content (AvgIpc) is 3.80. The van der Waals surface area contributed by atoms with Crippen LogP contribution in [0.3, 0.4) is 0 Å². The Morgan fingerprint density at radius 1 is 0.400 bits per heavy atom. The third-order valence-electron chi connectivity index (χ3n) is 11.0. The molecule has 0 amide bonds. The second-order valence-electron chi connectivity index (χ2n) is 14.1. The summed E-state index contributed by atoms with van der Waals surface area (Å²) in [4.78, 5) is 2.37. The second kappa shape index (κ2) is 12.6. The number of aromatic nitrogens is 1. The molecule has 0 atom stereocenters. The molecule has 0 aliphatic rings. The molecule has 0 radical (unpaired) electrons. The summed E-state index contributed by atoms with van der Waals surface area (Å²) in [5.41, 5.74) is 12.9. The second-order valence-corrected chi connectivity index (χ2v) is 14.1. The molecule has 11 rings (SSSR count). The van der Waals surface area contributed by atoms with Crippen molar-refractivity contribution in [1.82, 2.24) is 4.57 Å². The van der Waals surface area contributed by atoms with Crippen LogP contribution in [0.15, 0.2) is 211 Å². The molecule has 0 aliphatic heterocycles. The molecule has 3 heteroatoms. The molecule has 0 fully saturated rings. The van der Waals surface area contributed by atoms with Crippen LogP contribution < -0.4 is 4.90 Å². The lowest BCUT2D eigenvalue weighted by molar-refractivity contribution is 0.670. The Morgan fingerprint density at radius 2 is 1.02 bits per heavy atom. The summed E-state index contributed by atoms with van der Waals surface area (Å²) >= 11 is 0. The minimum atomic E-state index is 0.870. The molecule has 258 valence electrons. The van der Waals surface area contributed by atoms with Gasteiger partial charge in [0.2, 0.25) is 0 Å². The van der Waals surface area contributed by atoms with Crippen molar-refractivity contribution in [3.8, 4) is 27.9 Å². The summed E-state index contributed by atoms with van der Waals surface area (Å²) in [6, 6.07) is 73.9. The monoisotopic (exact) mass is 702 g/mol. The number of anilines is 3. The van der Waals surface area contributed by atoms with Crippen molar-refractivity contribution in [3.05, 3.63) is 206 Å². The molecule has 0 saturated heterocycles. The van der Waals surface area contributed by atoms with Crippen LogP contribution in [0, 0.1) is 0 Å². The molecule has 0 unspecified atom stereocenters. The lowest BCUT2D eigenvalue weighted by Gasteiger charge is -2.28. The fourth-order valence-electron chi connectivity index (χ4n) is 8.52. The minimum absolute atomic E-state index is 0.870. The van der Waals surface area contributed by atoms with E-state index in [9.17, 15) is 0 Å². The van der Waals surface area contributed by atoms with Crippen LogP contribution in [0.2, 0.25) is 0 Å². The molecular formula is C52H34N2O.